The van der Waals surface area contributed by atoms with E-state index >= 15 is 0 Å². The van der Waals surface area contributed by atoms with Gasteiger partial charge < -0.3 is 5.32 Å². The summed E-state index contributed by atoms with van der Waals surface area (Å²) in [6.07, 6.45) is 3.73. The van der Waals surface area contributed by atoms with Gasteiger partial charge in [0.2, 0.25) is 10.0 Å². The van der Waals surface area contributed by atoms with E-state index in [1.165, 1.54) is 12.4 Å². The topological polar surface area (TPSA) is 113 Å². The maximum absolute atomic E-state index is 13.3. The lowest BCUT2D eigenvalue weighted by molar-refractivity contribution is 0.364. The lowest BCUT2D eigenvalue weighted by Crippen LogP contribution is -2.14. The number of aromatic nitrogens is 3. The van der Waals surface area contributed by atoms with Crippen LogP contribution in [0.25, 0.3) is 5.69 Å². The molecular formula is C17H13Cl2F5N6O2S2. The highest BCUT2D eigenvalue weighted by Gasteiger charge is 2.65. The maximum Gasteiger partial charge on any atom is 0.310 e. The molecule has 34 heavy (non-hydrogen) atoms. The Bertz CT molecular complexity index is 1400. The number of hydrogen-bond acceptors (Lipinski definition) is 6. The Kier molecular flexibility index (Phi) is 5.98. The highest BCUT2D eigenvalue weighted by atomic mass is 35.5. The van der Waals surface area contributed by atoms with E-state index in [1.807, 2.05) is 0 Å². The fourth-order valence-corrected chi connectivity index (χ4v) is 4.78. The van der Waals surface area contributed by atoms with E-state index < -0.39 is 46.6 Å². The van der Waals surface area contributed by atoms with Gasteiger partial charge in [0.15, 0.2) is 11.5 Å². The van der Waals surface area contributed by atoms with Crippen LogP contribution in [0.15, 0.2) is 41.6 Å². The number of pyridine rings is 1. The molecule has 0 bridgehead atoms. The second-order valence-corrected chi connectivity index (χ2v) is 11.9. The van der Waals surface area contributed by atoms with Crippen molar-refractivity contribution in [3.8, 4) is 11.8 Å². The Labute approximate surface area is 200 Å². The van der Waals surface area contributed by atoms with E-state index in [0.29, 0.717) is 5.56 Å². The highest BCUT2D eigenvalue weighted by Crippen LogP contribution is 3.02. The van der Waals surface area contributed by atoms with Gasteiger partial charge in [-0.25, -0.2) is 13.1 Å². The van der Waals surface area contributed by atoms with Crippen molar-refractivity contribution >= 4 is 55.0 Å². The Morgan fingerprint density at radius 2 is 1.68 bits per heavy atom. The SMILES string of the molecule is CS(=O)(=O)Nc1c(C#N)nn(-c2c(Cl)cc(S(F)(F)(F)(F)F)cc2Cl)c1NCc1ccncc1. The van der Waals surface area contributed by atoms with Crippen molar-refractivity contribution in [3.05, 3.63) is 58.0 Å². The number of nitriles is 1. The second-order valence-electron chi connectivity index (χ2n) is 6.88. The van der Waals surface area contributed by atoms with Crippen molar-refractivity contribution in [2.45, 2.75) is 11.4 Å². The summed E-state index contributed by atoms with van der Waals surface area (Å²) in [5.74, 6) is -0.234. The van der Waals surface area contributed by atoms with Crippen LogP contribution < -0.4 is 10.0 Å². The first-order chi connectivity index (χ1) is 15.4. The summed E-state index contributed by atoms with van der Waals surface area (Å²) in [5.41, 5.74) is -0.709. The number of anilines is 2. The summed E-state index contributed by atoms with van der Waals surface area (Å²) in [4.78, 5) is 1.52. The smallest absolute Gasteiger partial charge is 0.310 e. The molecule has 1 aromatic carbocycles. The molecule has 0 radical (unpaired) electrons. The zero-order chi connectivity index (χ0) is 25.6. The first kappa shape index (κ1) is 25.8. The molecule has 0 saturated heterocycles. The third-order valence-electron chi connectivity index (χ3n) is 4.14. The average molecular weight is 563 g/mol. The van der Waals surface area contributed by atoms with Gasteiger partial charge >= 0.3 is 10.2 Å². The number of halogens is 7. The minimum atomic E-state index is -10.1. The zero-order valence-electron chi connectivity index (χ0n) is 16.7. The monoisotopic (exact) mass is 562 g/mol. The summed E-state index contributed by atoms with van der Waals surface area (Å²) in [6.45, 7) is 0.0102. The van der Waals surface area contributed by atoms with E-state index in [9.17, 15) is 33.1 Å². The van der Waals surface area contributed by atoms with Gasteiger partial charge in [-0.1, -0.05) is 42.6 Å². The van der Waals surface area contributed by atoms with Gasteiger partial charge in [0.1, 0.15) is 22.3 Å². The average Bonchev–Trinajstić information content (AvgIpc) is 3.00. The first-order valence-corrected chi connectivity index (χ1v) is 13.4. The minimum absolute atomic E-state index is 0.0102. The molecule has 0 aliphatic carbocycles. The standard InChI is InChI=1S/C17H13Cl2F5N6O2S2/c1-33(31,32)29-15-14(8-25)28-30(17(15)27-9-10-2-4-26-5-3-10)16-12(18)6-11(7-13(16)19)34(20,21,22,23)24/h2-7,27,29H,9H2,1H3. The molecule has 3 aromatic rings. The molecule has 17 heteroatoms. The third-order valence-corrected chi connectivity index (χ3v) is 6.41. The molecule has 3 rings (SSSR count). The number of sulfonamides is 1. The zero-order valence-corrected chi connectivity index (χ0v) is 19.9. The summed E-state index contributed by atoms with van der Waals surface area (Å²) < 4.78 is 92.9. The summed E-state index contributed by atoms with van der Waals surface area (Å²) in [6, 6.07) is 4.81. The van der Waals surface area contributed by atoms with E-state index in [0.717, 1.165) is 10.9 Å². The summed E-state index contributed by atoms with van der Waals surface area (Å²) in [7, 11) is -14.1. The summed E-state index contributed by atoms with van der Waals surface area (Å²) >= 11 is 11.8. The minimum Gasteiger partial charge on any atom is -0.364 e. The van der Waals surface area contributed by atoms with Crippen molar-refractivity contribution in [2.75, 3.05) is 16.3 Å². The van der Waals surface area contributed by atoms with Gasteiger partial charge in [0, 0.05) is 18.9 Å². The Morgan fingerprint density at radius 1 is 1.12 bits per heavy atom. The van der Waals surface area contributed by atoms with Crippen molar-refractivity contribution in [3.63, 3.8) is 0 Å². The molecule has 0 amide bonds. The van der Waals surface area contributed by atoms with Gasteiger partial charge in [-0.3, -0.25) is 9.71 Å². The van der Waals surface area contributed by atoms with E-state index in [4.69, 9.17) is 23.2 Å². The van der Waals surface area contributed by atoms with Crippen LogP contribution in [-0.2, 0) is 16.6 Å². The fourth-order valence-electron chi connectivity index (χ4n) is 2.76. The Morgan fingerprint density at radius 3 is 2.15 bits per heavy atom. The molecule has 0 atom stereocenters. The highest BCUT2D eigenvalue weighted by molar-refractivity contribution is 8.45. The first-order valence-electron chi connectivity index (χ1n) is 8.77. The third kappa shape index (κ3) is 5.81. The molecule has 2 aromatic heterocycles. The van der Waals surface area contributed by atoms with Crippen molar-refractivity contribution < 1.29 is 27.8 Å². The molecule has 2 N–H and O–H groups in total. The number of rotatable bonds is 7. The van der Waals surface area contributed by atoms with Gasteiger partial charge in [-0.05, 0) is 29.8 Å². The molecule has 0 spiro atoms. The molecule has 0 fully saturated rings. The van der Waals surface area contributed by atoms with E-state index in [1.54, 1.807) is 18.2 Å². The van der Waals surface area contributed by atoms with Crippen LogP contribution in [0.1, 0.15) is 11.3 Å². The van der Waals surface area contributed by atoms with Gasteiger partial charge in [0.05, 0.1) is 16.3 Å². The second kappa shape index (κ2) is 7.87. The van der Waals surface area contributed by atoms with Crippen molar-refractivity contribution in [1.29, 1.82) is 5.26 Å². The van der Waals surface area contributed by atoms with Crippen LogP contribution in [0.3, 0.4) is 0 Å². The maximum atomic E-state index is 13.3. The van der Waals surface area contributed by atoms with Crippen LogP contribution >= 0.6 is 33.4 Å². The molecule has 2 heterocycles. The van der Waals surface area contributed by atoms with Crippen LogP contribution in [0.5, 0.6) is 0 Å². The molecular weight excluding hydrogens is 550 g/mol. The Balaban J connectivity index is 2.24. The quantitative estimate of drug-likeness (QED) is 0.337. The van der Waals surface area contributed by atoms with Crippen LogP contribution in [0.2, 0.25) is 10.0 Å². The predicted octanol–water partition coefficient (Wildman–Crippen LogP) is 6.09. The molecule has 8 nitrogen and oxygen atoms in total. The van der Waals surface area contributed by atoms with Gasteiger partial charge in [0.25, 0.3) is 0 Å². The van der Waals surface area contributed by atoms with Gasteiger partial charge in [-0.15, -0.1) is 0 Å². The van der Waals surface area contributed by atoms with Crippen molar-refractivity contribution in [1.82, 2.24) is 14.8 Å². The summed E-state index contributed by atoms with van der Waals surface area (Å²) in [5, 5.41) is 14.4. The lowest BCUT2D eigenvalue weighted by Gasteiger charge is -2.40. The van der Waals surface area contributed by atoms with Crippen LogP contribution in [0, 0.1) is 11.3 Å². The number of nitrogens with one attached hydrogen (secondary N) is 2. The Hall–Kier alpha value is -2.80. The van der Waals surface area contributed by atoms with E-state index in [2.05, 4.69) is 20.1 Å². The number of hydrogen-bond donors (Lipinski definition) is 2. The van der Waals surface area contributed by atoms with Gasteiger partial charge in [-0.2, -0.15) is 10.4 Å². The molecule has 0 aliphatic rings. The molecule has 0 aliphatic heterocycles. The fraction of sp³-hybridized carbons (Fsp3) is 0.118. The van der Waals surface area contributed by atoms with Crippen LogP contribution in [-0.4, -0.2) is 29.4 Å². The largest absolute Gasteiger partial charge is 0.364 e. The van der Waals surface area contributed by atoms with E-state index in [-0.39, 0.29) is 30.2 Å². The van der Waals surface area contributed by atoms with Crippen LogP contribution in [0.4, 0.5) is 30.9 Å². The lowest BCUT2D eigenvalue weighted by atomic mass is 10.2. The number of benzene rings is 1. The number of nitrogens with zero attached hydrogens (tertiary/aromatic N) is 4. The molecule has 184 valence electrons. The normalized spacial score (nSPS) is 14.1. The van der Waals surface area contributed by atoms with Crippen molar-refractivity contribution in [2.24, 2.45) is 0 Å². The predicted molar refractivity (Wildman–Crippen MR) is 120 cm³/mol. The molecule has 0 saturated carbocycles. The molecule has 0 unspecified atom stereocenters.